The zero-order chi connectivity index (χ0) is 12.4. The van der Waals surface area contributed by atoms with Crippen molar-refractivity contribution in [3.8, 4) is 0 Å². The highest BCUT2D eigenvalue weighted by atomic mass is 16.2. The number of likely N-dealkylation sites (N-methyl/N-ethyl adjacent to an activating group) is 1. The third kappa shape index (κ3) is 2.46. The third-order valence-corrected chi connectivity index (χ3v) is 2.80. The Labute approximate surface area is 99.1 Å². The normalized spacial score (nSPS) is 16.4. The van der Waals surface area contributed by atoms with Gasteiger partial charge in [0, 0.05) is 25.5 Å². The van der Waals surface area contributed by atoms with E-state index in [0.29, 0.717) is 6.04 Å². The third-order valence-electron chi connectivity index (χ3n) is 2.80. The molecule has 0 saturated heterocycles. The maximum atomic E-state index is 12.0. The molecule has 1 heterocycles. The molecule has 0 aromatic carbocycles. The van der Waals surface area contributed by atoms with Crippen LogP contribution in [0, 0.1) is 0 Å². The van der Waals surface area contributed by atoms with Gasteiger partial charge in [0.1, 0.15) is 6.04 Å². The molecule has 0 radical (unpaired) electrons. The van der Waals surface area contributed by atoms with Gasteiger partial charge < -0.3 is 15.2 Å². The van der Waals surface area contributed by atoms with Crippen molar-refractivity contribution in [3.05, 3.63) is 22.7 Å². The molecule has 1 unspecified atom stereocenters. The molecule has 92 valence electrons. The number of anilines is 1. The minimum atomic E-state index is -0.477. The van der Waals surface area contributed by atoms with Crippen LogP contribution in [-0.2, 0) is 4.79 Å². The van der Waals surface area contributed by atoms with Gasteiger partial charge in [-0.1, -0.05) is 0 Å². The number of amides is 1. The number of aromatic nitrogens is 2. The number of nitrogens with zero attached hydrogens (tertiary/aromatic N) is 2. The van der Waals surface area contributed by atoms with Crippen LogP contribution in [0.25, 0.3) is 0 Å². The SMILES string of the molecule is CNC(=O)C(C)Nc1nccn(C2CC2)c1=O. The van der Waals surface area contributed by atoms with Gasteiger partial charge in [0.25, 0.3) is 5.56 Å². The predicted octanol–water partition coefficient (Wildman–Crippen LogP) is 0.125. The molecule has 2 N–H and O–H groups in total. The molecule has 1 fully saturated rings. The summed E-state index contributed by atoms with van der Waals surface area (Å²) in [5.74, 6) is 0.0588. The lowest BCUT2D eigenvalue weighted by atomic mass is 10.3. The first kappa shape index (κ1) is 11.6. The van der Waals surface area contributed by atoms with Crippen molar-refractivity contribution in [1.29, 1.82) is 0 Å². The molecule has 0 spiro atoms. The molecule has 1 aromatic rings. The number of nitrogens with one attached hydrogen (secondary N) is 2. The smallest absolute Gasteiger partial charge is 0.293 e. The van der Waals surface area contributed by atoms with Crippen LogP contribution in [0.3, 0.4) is 0 Å². The van der Waals surface area contributed by atoms with Crippen LogP contribution in [0.2, 0.25) is 0 Å². The van der Waals surface area contributed by atoms with Crippen LogP contribution in [0.1, 0.15) is 25.8 Å². The molecular weight excluding hydrogens is 220 g/mol. The van der Waals surface area contributed by atoms with Gasteiger partial charge in [0.2, 0.25) is 5.91 Å². The van der Waals surface area contributed by atoms with E-state index in [4.69, 9.17) is 0 Å². The van der Waals surface area contributed by atoms with Crippen molar-refractivity contribution < 1.29 is 4.79 Å². The summed E-state index contributed by atoms with van der Waals surface area (Å²) in [5.41, 5.74) is -0.161. The molecule has 1 aromatic heterocycles. The van der Waals surface area contributed by atoms with Gasteiger partial charge in [-0.3, -0.25) is 9.59 Å². The van der Waals surface area contributed by atoms with Crippen LogP contribution >= 0.6 is 0 Å². The first-order valence-corrected chi connectivity index (χ1v) is 5.68. The molecule has 0 aliphatic heterocycles. The van der Waals surface area contributed by atoms with Gasteiger partial charge in [0.05, 0.1) is 0 Å². The molecule has 6 heteroatoms. The molecular formula is C11H16N4O2. The number of carbonyl (C=O) groups excluding carboxylic acids is 1. The highest BCUT2D eigenvalue weighted by Crippen LogP contribution is 2.33. The summed E-state index contributed by atoms with van der Waals surface area (Å²) in [4.78, 5) is 27.3. The standard InChI is InChI=1S/C11H16N4O2/c1-7(10(16)12-2)14-9-11(17)15(6-5-13-9)8-3-4-8/h5-8H,3-4H2,1-2H3,(H,12,16)(H,13,14). The van der Waals surface area contributed by atoms with Crippen molar-refractivity contribution in [1.82, 2.24) is 14.9 Å². The number of rotatable bonds is 4. The Morgan fingerprint density at radius 3 is 2.88 bits per heavy atom. The second-order valence-electron chi connectivity index (χ2n) is 4.20. The fourth-order valence-corrected chi connectivity index (χ4v) is 1.65. The van der Waals surface area contributed by atoms with Crippen LogP contribution in [0.4, 0.5) is 5.82 Å². The Morgan fingerprint density at radius 2 is 2.29 bits per heavy atom. The van der Waals surface area contributed by atoms with Crippen molar-refractivity contribution >= 4 is 11.7 Å². The Hall–Kier alpha value is -1.85. The van der Waals surface area contributed by atoms with Gasteiger partial charge in [0.15, 0.2) is 5.82 Å². The minimum Gasteiger partial charge on any atom is -0.357 e. The topological polar surface area (TPSA) is 76.0 Å². The van der Waals surface area contributed by atoms with Crippen molar-refractivity contribution in [3.63, 3.8) is 0 Å². The molecule has 2 rings (SSSR count). The van der Waals surface area contributed by atoms with Crippen molar-refractivity contribution in [2.45, 2.75) is 31.8 Å². The fraction of sp³-hybridized carbons (Fsp3) is 0.545. The summed E-state index contributed by atoms with van der Waals surface area (Å²) in [5, 5.41) is 5.34. The van der Waals surface area contributed by atoms with Crippen LogP contribution in [0.15, 0.2) is 17.2 Å². The van der Waals surface area contributed by atoms with Crippen molar-refractivity contribution in [2.75, 3.05) is 12.4 Å². The van der Waals surface area contributed by atoms with E-state index < -0.39 is 6.04 Å². The first-order chi connectivity index (χ1) is 8.13. The number of hydrogen-bond acceptors (Lipinski definition) is 4. The molecule has 1 atom stereocenters. The van der Waals surface area contributed by atoms with Gasteiger partial charge in [-0.2, -0.15) is 0 Å². The second-order valence-corrected chi connectivity index (χ2v) is 4.20. The monoisotopic (exact) mass is 236 g/mol. The van der Waals surface area contributed by atoms with Gasteiger partial charge in [-0.15, -0.1) is 0 Å². The highest BCUT2D eigenvalue weighted by molar-refractivity contribution is 5.83. The van der Waals surface area contributed by atoms with Gasteiger partial charge in [-0.25, -0.2) is 4.98 Å². The average Bonchev–Trinajstić information content (AvgIpc) is 3.14. The van der Waals surface area contributed by atoms with Crippen LogP contribution in [-0.4, -0.2) is 28.5 Å². The van der Waals surface area contributed by atoms with Gasteiger partial charge >= 0.3 is 0 Å². The molecule has 6 nitrogen and oxygen atoms in total. The van der Waals surface area contributed by atoms with Crippen LogP contribution in [0.5, 0.6) is 0 Å². The molecule has 1 aliphatic carbocycles. The molecule has 1 aliphatic rings. The van der Waals surface area contributed by atoms with Gasteiger partial charge in [-0.05, 0) is 19.8 Å². The Balaban J connectivity index is 2.18. The zero-order valence-electron chi connectivity index (χ0n) is 9.93. The zero-order valence-corrected chi connectivity index (χ0v) is 9.93. The van der Waals surface area contributed by atoms with E-state index in [1.807, 2.05) is 0 Å². The largest absolute Gasteiger partial charge is 0.357 e. The summed E-state index contributed by atoms with van der Waals surface area (Å²) in [6.45, 7) is 1.69. The maximum absolute atomic E-state index is 12.0. The minimum absolute atomic E-state index is 0.161. The van der Waals surface area contributed by atoms with E-state index >= 15 is 0 Å². The van der Waals surface area contributed by atoms with Crippen LogP contribution < -0.4 is 16.2 Å². The predicted molar refractivity (Wildman–Crippen MR) is 63.9 cm³/mol. The lowest BCUT2D eigenvalue weighted by Crippen LogP contribution is -2.37. The van der Waals surface area contributed by atoms with E-state index in [0.717, 1.165) is 12.8 Å². The summed E-state index contributed by atoms with van der Waals surface area (Å²) in [6, 6.07) is -0.170. The van der Waals surface area contributed by atoms with E-state index in [1.165, 1.54) is 0 Å². The Bertz CT molecular complexity index is 479. The summed E-state index contributed by atoms with van der Waals surface area (Å²) < 4.78 is 1.67. The average molecular weight is 236 g/mol. The van der Waals surface area contributed by atoms with E-state index in [9.17, 15) is 9.59 Å². The summed E-state index contributed by atoms with van der Waals surface area (Å²) in [6.07, 6.45) is 5.34. The summed E-state index contributed by atoms with van der Waals surface area (Å²) >= 11 is 0. The lowest BCUT2D eigenvalue weighted by Gasteiger charge is -2.13. The molecule has 1 amide bonds. The molecule has 0 bridgehead atoms. The second kappa shape index (κ2) is 4.57. The van der Waals surface area contributed by atoms with E-state index in [1.54, 1.807) is 30.9 Å². The van der Waals surface area contributed by atoms with E-state index in [-0.39, 0.29) is 17.3 Å². The Morgan fingerprint density at radius 1 is 1.59 bits per heavy atom. The quantitative estimate of drug-likeness (QED) is 0.778. The first-order valence-electron chi connectivity index (χ1n) is 5.68. The Kier molecular flexibility index (Phi) is 3.12. The van der Waals surface area contributed by atoms with Crippen molar-refractivity contribution in [2.24, 2.45) is 0 Å². The lowest BCUT2D eigenvalue weighted by molar-refractivity contribution is -0.121. The fourth-order valence-electron chi connectivity index (χ4n) is 1.65. The summed E-state index contributed by atoms with van der Waals surface area (Å²) in [7, 11) is 1.56. The molecule has 17 heavy (non-hydrogen) atoms. The maximum Gasteiger partial charge on any atom is 0.293 e. The number of hydrogen-bond donors (Lipinski definition) is 2. The number of carbonyl (C=O) groups is 1. The highest BCUT2D eigenvalue weighted by Gasteiger charge is 2.25. The molecule has 1 saturated carbocycles. The van der Waals surface area contributed by atoms with E-state index in [2.05, 4.69) is 15.6 Å².